The first-order chi connectivity index (χ1) is 14.1. The number of ketones is 1. The number of rotatable bonds is 8. The second-order valence-electron chi connectivity index (χ2n) is 9.80. The normalized spacial score (nSPS) is 20.5. The maximum Gasteiger partial charge on any atom is 0.341 e. The van der Waals surface area contributed by atoms with Crippen LogP contribution < -0.4 is 5.32 Å². The van der Waals surface area contributed by atoms with Gasteiger partial charge in [0.05, 0.1) is 0 Å². The molecule has 1 aliphatic heterocycles. The van der Waals surface area contributed by atoms with E-state index in [0.717, 1.165) is 44.4 Å². The summed E-state index contributed by atoms with van der Waals surface area (Å²) in [5.41, 5.74) is 0.0835. The molecule has 2 aliphatic rings. The van der Waals surface area contributed by atoms with Gasteiger partial charge in [-0.1, -0.05) is 44.9 Å². The number of hydrazone groups is 1. The maximum absolute atomic E-state index is 12.9. The standard InChI is InChI=1S/C22H40N4O3S/c1-16(2)12-13-18(27)19-26(20(28)23-17-10-8-7-9-11-17)24-21(29-19)30-15-14-25(6)22(3,4)5/h16-17,19H,7-15H2,1-6H3,(H,23,28). The van der Waals surface area contributed by atoms with Crippen LogP contribution in [0.15, 0.2) is 5.10 Å². The Kier molecular flexibility index (Phi) is 9.47. The molecule has 0 bridgehead atoms. The molecule has 30 heavy (non-hydrogen) atoms. The van der Waals surface area contributed by atoms with Gasteiger partial charge < -0.3 is 15.0 Å². The summed E-state index contributed by atoms with van der Waals surface area (Å²) in [6, 6.07) is -0.169. The molecule has 1 unspecified atom stereocenters. The van der Waals surface area contributed by atoms with Gasteiger partial charge in [0.1, 0.15) is 0 Å². The van der Waals surface area contributed by atoms with Crippen molar-refractivity contribution in [1.82, 2.24) is 15.2 Å². The summed E-state index contributed by atoms with van der Waals surface area (Å²) in [5.74, 6) is 1.11. The van der Waals surface area contributed by atoms with E-state index in [1.165, 1.54) is 23.2 Å². The topological polar surface area (TPSA) is 74.2 Å². The number of ether oxygens (including phenoxy) is 1. The van der Waals surface area contributed by atoms with E-state index in [2.05, 4.69) is 57.0 Å². The summed E-state index contributed by atoms with van der Waals surface area (Å²) in [5, 5.41) is 9.07. The summed E-state index contributed by atoms with van der Waals surface area (Å²) < 4.78 is 5.86. The minimum absolute atomic E-state index is 0.0835. The van der Waals surface area contributed by atoms with Gasteiger partial charge in [0, 0.05) is 30.3 Å². The largest absolute Gasteiger partial charge is 0.438 e. The van der Waals surface area contributed by atoms with Crippen LogP contribution in [0.25, 0.3) is 0 Å². The highest BCUT2D eigenvalue weighted by Gasteiger charge is 2.39. The molecule has 1 atom stereocenters. The van der Waals surface area contributed by atoms with Crippen LogP contribution in [0.2, 0.25) is 0 Å². The number of Topliss-reactive ketones (excluding diaryl/α,β-unsaturated/α-hetero) is 1. The molecule has 0 aromatic carbocycles. The Balaban J connectivity index is 1.99. The van der Waals surface area contributed by atoms with Gasteiger partial charge in [-0.3, -0.25) is 4.79 Å². The summed E-state index contributed by atoms with van der Waals surface area (Å²) in [7, 11) is 2.08. The SMILES string of the molecule is CC(C)CCC(=O)C1OC(SCCN(C)C(C)(C)C)=NN1C(=O)NC1CCCCC1. The molecule has 0 aromatic rings. The third-order valence-corrected chi connectivity index (χ3v) is 6.62. The van der Waals surface area contributed by atoms with E-state index in [4.69, 9.17) is 4.74 Å². The number of thioether (sulfide) groups is 1. The smallest absolute Gasteiger partial charge is 0.341 e. The Hall–Kier alpha value is -1.28. The van der Waals surface area contributed by atoms with Crippen LogP contribution >= 0.6 is 11.8 Å². The lowest BCUT2D eigenvalue weighted by atomic mass is 9.96. The van der Waals surface area contributed by atoms with E-state index in [9.17, 15) is 9.59 Å². The Bertz CT molecular complexity index is 612. The van der Waals surface area contributed by atoms with Crippen LogP contribution in [0.4, 0.5) is 4.79 Å². The average molecular weight is 441 g/mol. The van der Waals surface area contributed by atoms with E-state index in [1.54, 1.807) is 0 Å². The summed E-state index contributed by atoms with van der Waals surface area (Å²) in [4.78, 5) is 27.9. The van der Waals surface area contributed by atoms with Crippen molar-refractivity contribution in [1.29, 1.82) is 0 Å². The lowest BCUT2D eigenvalue weighted by molar-refractivity contribution is -0.131. The highest BCUT2D eigenvalue weighted by Crippen LogP contribution is 2.24. The number of nitrogens with zero attached hydrogens (tertiary/aromatic N) is 3. The first-order valence-corrected chi connectivity index (χ1v) is 12.3. The molecule has 7 nitrogen and oxygen atoms in total. The molecule has 0 aromatic heterocycles. The third kappa shape index (κ3) is 7.76. The van der Waals surface area contributed by atoms with Crippen LogP contribution in [0.1, 0.15) is 79.6 Å². The van der Waals surface area contributed by atoms with Crippen molar-refractivity contribution in [2.75, 3.05) is 19.3 Å². The fourth-order valence-electron chi connectivity index (χ4n) is 3.37. The van der Waals surface area contributed by atoms with Gasteiger partial charge >= 0.3 is 6.03 Å². The molecule has 2 amide bonds. The van der Waals surface area contributed by atoms with Crippen molar-refractivity contribution < 1.29 is 14.3 Å². The molecule has 1 heterocycles. The zero-order valence-corrected chi connectivity index (χ0v) is 20.4. The number of amides is 2. The van der Waals surface area contributed by atoms with Gasteiger partial charge in [0.15, 0.2) is 5.78 Å². The Morgan fingerprint density at radius 3 is 2.53 bits per heavy atom. The van der Waals surface area contributed by atoms with Crippen LogP contribution in [0.5, 0.6) is 0 Å². The van der Waals surface area contributed by atoms with Crippen LogP contribution in [0, 0.1) is 5.92 Å². The Morgan fingerprint density at radius 2 is 1.93 bits per heavy atom. The average Bonchev–Trinajstić information content (AvgIpc) is 3.10. The molecule has 8 heteroatoms. The lowest BCUT2D eigenvalue weighted by Gasteiger charge is -2.31. The number of nitrogens with one attached hydrogen (secondary N) is 1. The van der Waals surface area contributed by atoms with Crippen molar-refractivity contribution in [2.45, 2.75) is 97.4 Å². The first kappa shape index (κ1) is 25.0. The molecular weight excluding hydrogens is 400 g/mol. The molecule has 1 N–H and O–H groups in total. The minimum atomic E-state index is -0.949. The van der Waals surface area contributed by atoms with Crippen LogP contribution in [-0.4, -0.2) is 64.1 Å². The van der Waals surface area contributed by atoms with Crippen molar-refractivity contribution in [3.63, 3.8) is 0 Å². The van der Waals surface area contributed by atoms with E-state index in [1.807, 2.05) is 0 Å². The monoisotopic (exact) mass is 440 g/mol. The summed E-state index contributed by atoms with van der Waals surface area (Å²) >= 11 is 1.45. The molecule has 1 fully saturated rings. The van der Waals surface area contributed by atoms with Gasteiger partial charge in [-0.25, -0.2) is 4.79 Å². The lowest BCUT2D eigenvalue weighted by Crippen LogP contribution is -2.48. The molecule has 0 radical (unpaired) electrons. The van der Waals surface area contributed by atoms with Gasteiger partial charge in [-0.05, 0) is 53.0 Å². The molecule has 1 saturated carbocycles. The second kappa shape index (κ2) is 11.4. The fourth-order valence-corrected chi connectivity index (χ4v) is 4.22. The van der Waals surface area contributed by atoms with Gasteiger partial charge in [0.25, 0.3) is 11.5 Å². The molecular formula is C22H40N4O3S. The zero-order valence-electron chi connectivity index (χ0n) is 19.6. The Labute approximate surface area is 186 Å². The first-order valence-electron chi connectivity index (χ1n) is 11.3. The highest BCUT2D eigenvalue weighted by atomic mass is 32.2. The second-order valence-corrected chi connectivity index (χ2v) is 10.9. The van der Waals surface area contributed by atoms with E-state index < -0.39 is 6.23 Å². The van der Waals surface area contributed by atoms with E-state index in [0.29, 0.717) is 17.6 Å². The number of hydrogen-bond acceptors (Lipinski definition) is 6. The van der Waals surface area contributed by atoms with Crippen molar-refractivity contribution in [3.05, 3.63) is 0 Å². The van der Waals surface area contributed by atoms with Gasteiger partial charge in [-0.15, -0.1) is 5.10 Å². The zero-order chi connectivity index (χ0) is 22.3. The van der Waals surface area contributed by atoms with Crippen LogP contribution in [0.3, 0.4) is 0 Å². The number of urea groups is 1. The van der Waals surface area contributed by atoms with Crippen LogP contribution in [-0.2, 0) is 9.53 Å². The molecule has 0 saturated heterocycles. The summed E-state index contributed by atoms with van der Waals surface area (Å²) in [6.07, 6.45) is 5.65. The maximum atomic E-state index is 12.9. The molecule has 172 valence electrons. The number of hydrogen-bond donors (Lipinski definition) is 1. The van der Waals surface area contributed by atoms with Crippen molar-refractivity contribution in [3.8, 4) is 0 Å². The Morgan fingerprint density at radius 1 is 1.27 bits per heavy atom. The summed E-state index contributed by atoms with van der Waals surface area (Å²) in [6.45, 7) is 11.5. The highest BCUT2D eigenvalue weighted by molar-refractivity contribution is 8.13. The number of carbonyl (C=O) groups is 2. The van der Waals surface area contributed by atoms with E-state index in [-0.39, 0.29) is 23.4 Å². The van der Waals surface area contributed by atoms with Gasteiger partial charge in [0.2, 0.25) is 0 Å². The molecule has 1 aliphatic carbocycles. The van der Waals surface area contributed by atoms with Crippen molar-refractivity contribution >= 4 is 28.8 Å². The number of carbonyl (C=O) groups excluding carboxylic acids is 2. The quantitative estimate of drug-likeness (QED) is 0.604. The van der Waals surface area contributed by atoms with Gasteiger partial charge in [-0.2, -0.15) is 5.01 Å². The third-order valence-electron chi connectivity index (χ3n) is 5.81. The fraction of sp³-hybridized carbons (Fsp3) is 0.864. The predicted molar refractivity (Wildman–Crippen MR) is 123 cm³/mol. The van der Waals surface area contributed by atoms with E-state index >= 15 is 0 Å². The molecule has 0 spiro atoms. The minimum Gasteiger partial charge on any atom is -0.438 e. The molecule has 2 rings (SSSR count). The van der Waals surface area contributed by atoms with Crippen molar-refractivity contribution in [2.24, 2.45) is 11.0 Å². The predicted octanol–water partition coefficient (Wildman–Crippen LogP) is 4.43.